The number of hydrogen-bond donors (Lipinski definition) is 1. The highest BCUT2D eigenvalue weighted by Crippen LogP contribution is 2.12. The smallest absolute Gasteiger partial charge is 0.309 e. The molecule has 2 atom stereocenters. The van der Waals surface area contributed by atoms with Crippen LogP contribution in [-0.4, -0.2) is 61.6 Å². The second-order valence-electron chi connectivity index (χ2n) is 5.77. The highest BCUT2D eigenvalue weighted by Gasteiger charge is 2.26. The summed E-state index contributed by atoms with van der Waals surface area (Å²) >= 11 is 0. The standard InChI is InChI=1S/C13H23NO5/c1-10(6-5-7-15)13(18)19-11(8-12(16)17)9-14(2,3)4/h7,10-11H,5-6,8-9H2,1-4H3/p+1. The summed E-state index contributed by atoms with van der Waals surface area (Å²) in [6, 6.07) is 0. The number of ether oxygens (including phenoxy) is 1. The van der Waals surface area contributed by atoms with Gasteiger partial charge in [-0.3, -0.25) is 9.59 Å². The van der Waals surface area contributed by atoms with E-state index in [-0.39, 0.29) is 6.42 Å². The zero-order valence-electron chi connectivity index (χ0n) is 12.1. The lowest BCUT2D eigenvalue weighted by molar-refractivity contribution is -0.873. The Morgan fingerprint density at radius 3 is 2.32 bits per heavy atom. The second kappa shape index (κ2) is 7.89. The molecule has 0 saturated carbocycles. The fraction of sp³-hybridized carbons (Fsp3) is 0.769. The summed E-state index contributed by atoms with van der Waals surface area (Å²) in [6.45, 7) is 2.11. The minimum absolute atomic E-state index is 0.207. The van der Waals surface area contributed by atoms with Crippen LogP contribution < -0.4 is 0 Å². The minimum Gasteiger partial charge on any atom is -0.481 e. The molecule has 2 unspecified atom stereocenters. The quantitative estimate of drug-likeness (QED) is 0.380. The molecule has 0 aromatic carbocycles. The number of likely N-dealkylation sites (N-methyl/N-ethyl adjacent to an activating group) is 1. The highest BCUT2D eigenvalue weighted by atomic mass is 16.5. The van der Waals surface area contributed by atoms with Crippen LogP contribution in [0.5, 0.6) is 0 Å². The lowest BCUT2D eigenvalue weighted by Gasteiger charge is -2.28. The maximum absolute atomic E-state index is 11.8. The van der Waals surface area contributed by atoms with Gasteiger partial charge in [-0.2, -0.15) is 0 Å². The number of quaternary nitrogens is 1. The van der Waals surface area contributed by atoms with E-state index < -0.39 is 24.0 Å². The Kier molecular flexibility index (Phi) is 7.29. The van der Waals surface area contributed by atoms with Gasteiger partial charge in [0, 0.05) is 6.42 Å². The predicted molar refractivity (Wildman–Crippen MR) is 69.5 cm³/mol. The number of esters is 1. The molecule has 0 bridgehead atoms. The molecular weight excluding hydrogens is 250 g/mol. The lowest BCUT2D eigenvalue weighted by Crippen LogP contribution is -2.44. The van der Waals surface area contributed by atoms with Gasteiger partial charge < -0.3 is 19.1 Å². The fourth-order valence-electron chi connectivity index (χ4n) is 1.67. The average Bonchev–Trinajstić information content (AvgIpc) is 2.22. The Morgan fingerprint density at radius 1 is 1.32 bits per heavy atom. The molecular formula is C13H24NO5+. The molecule has 0 heterocycles. The highest BCUT2D eigenvalue weighted by molar-refractivity contribution is 5.73. The summed E-state index contributed by atoms with van der Waals surface area (Å²) in [6.07, 6.45) is 0.622. The van der Waals surface area contributed by atoms with Gasteiger partial charge in [0.2, 0.25) is 0 Å². The maximum atomic E-state index is 11.8. The molecule has 0 amide bonds. The van der Waals surface area contributed by atoms with Gasteiger partial charge in [0.1, 0.15) is 12.8 Å². The second-order valence-corrected chi connectivity index (χ2v) is 5.77. The number of carbonyl (C=O) groups excluding carboxylic acids is 2. The van der Waals surface area contributed by atoms with Gasteiger partial charge in [0.15, 0.2) is 6.10 Å². The molecule has 0 saturated heterocycles. The number of aliphatic carboxylic acids is 1. The average molecular weight is 274 g/mol. The van der Waals surface area contributed by atoms with E-state index >= 15 is 0 Å². The molecule has 0 aromatic rings. The zero-order valence-corrected chi connectivity index (χ0v) is 12.1. The van der Waals surface area contributed by atoms with Crippen molar-refractivity contribution < 1.29 is 28.7 Å². The first-order chi connectivity index (χ1) is 8.65. The molecule has 6 nitrogen and oxygen atoms in total. The predicted octanol–water partition coefficient (Wildman–Crippen LogP) is 0.694. The van der Waals surface area contributed by atoms with E-state index in [9.17, 15) is 14.4 Å². The van der Waals surface area contributed by atoms with Crippen molar-refractivity contribution in [1.29, 1.82) is 0 Å². The van der Waals surface area contributed by atoms with Crippen molar-refractivity contribution in [3.63, 3.8) is 0 Å². The number of carboxylic acids is 1. The third kappa shape index (κ3) is 9.18. The molecule has 110 valence electrons. The number of nitrogens with zero attached hydrogens (tertiary/aromatic N) is 1. The van der Waals surface area contributed by atoms with Crippen molar-refractivity contribution in [3.05, 3.63) is 0 Å². The SMILES string of the molecule is CC(CCC=O)C(=O)OC(CC(=O)O)C[N+](C)(C)C. The topological polar surface area (TPSA) is 80.7 Å². The molecule has 19 heavy (non-hydrogen) atoms. The molecule has 6 heteroatoms. The van der Waals surface area contributed by atoms with E-state index in [1.54, 1.807) is 6.92 Å². The third-order valence-corrected chi connectivity index (χ3v) is 2.56. The number of carbonyl (C=O) groups is 3. The third-order valence-electron chi connectivity index (χ3n) is 2.56. The van der Waals surface area contributed by atoms with Gasteiger partial charge in [-0.1, -0.05) is 6.92 Å². The molecule has 0 radical (unpaired) electrons. The van der Waals surface area contributed by atoms with Gasteiger partial charge in [-0.05, 0) is 6.42 Å². The van der Waals surface area contributed by atoms with Gasteiger partial charge in [-0.15, -0.1) is 0 Å². The molecule has 0 fully saturated rings. The van der Waals surface area contributed by atoms with E-state index in [2.05, 4.69) is 0 Å². The number of rotatable bonds is 9. The number of carboxylic acid groups (broad SMARTS) is 1. The van der Waals surface area contributed by atoms with Crippen molar-refractivity contribution in [1.82, 2.24) is 0 Å². The summed E-state index contributed by atoms with van der Waals surface area (Å²) in [7, 11) is 5.70. The summed E-state index contributed by atoms with van der Waals surface area (Å²) in [4.78, 5) is 32.8. The van der Waals surface area contributed by atoms with E-state index in [1.807, 2.05) is 21.1 Å². The van der Waals surface area contributed by atoms with Crippen LogP contribution in [-0.2, 0) is 19.1 Å². The molecule has 0 aliphatic carbocycles. The van der Waals surface area contributed by atoms with Crippen LogP contribution in [0.15, 0.2) is 0 Å². The van der Waals surface area contributed by atoms with Crippen LogP contribution in [0.1, 0.15) is 26.2 Å². The van der Waals surface area contributed by atoms with Gasteiger partial charge in [0.05, 0.1) is 33.5 Å². The summed E-state index contributed by atoms with van der Waals surface area (Å²) in [5.41, 5.74) is 0. The molecule has 0 rings (SSSR count). The normalized spacial score (nSPS) is 14.5. The Labute approximate surface area is 113 Å². The van der Waals surface area contributed by atoms with E-state index in [0.29, 0.717) is 23.9 Å². The van der Waals surface area contributed by atoms with Crippen LogP contribution >= 0.6 is 0 Å². The number of aldehydes is 1. The first kappa shape index (κ1) is 17.6. The van der Waals surface area contributed by atoms with E-state index in [1.165, 1.54) is 0 Å². The van der Waals surface area contributed by atoms with Gasteiger partial charge >= 0.3 is 11.9 Å². The zero-order chi connectivity index (χ0) is 15.1. The van der Waals surface area contributed by atoms with Crippen LogP contribution in [0.25, 0.3) is 0 Å². The van der Waals surface area contributed by atoms with Crippen molar-refractivity contribution in [2.24, 2.45) is 5.92 Å². The van der Waals surface area contributed by atoms with E-state index in [4.69, 9.17) is 9.84 Å². The largest absolute Gasteiger partial charge is 0.481 e. The van der Waals surface area contributed by atoms with Crippen LogP contribution in [0, 0.1) is 5.92 Å². The lowest BCUT2D eigenvalue weighted by atomic mass is 10.1. The van der Waals surface area contributed by atoms with Crippen molar-refractivity contribution in [3.8, 4) is 0 Å². The molecule has 0 aliphatic rings. The van der Waals surface area contributed by atoms with Gasteiger partial charge in [0.25, 0.3) is 0 Å². The summed E-state index contributed by atoms with van der Waals surface area (Å²) < 4.78 is 5.75. The molecule has 0 aromatic heterocycles. The van der Waals surface area contributed by atoms with Crippen LogP contribution in [0.3, 0.4) is 0 Å². The minimum atomic E-state index is -0.994. The molecule has 0 spiro atoms. The summed E-state index contributed by atoms with van der Waals surface area (Å²) in [5, 5.41) is 8.83. The summed E-state index contributed by atoms with van der Waals surface area (Å²) in [5.74, 6) is -1.83. The Bertz CT molecular complexity index is 321. The number of hydrogen-bond acceptors (Lipinski definition) is 4. The van der Waals surface area contributed by atoms with Crippen molar-refractivity contribution in [2.45, 2.75) is 32.3 Å². The van der Waals surface area contributed by atoms with Crippen molar-refractivity contribution in [2.75, 3.05) is 27.7 Å². The van der Waals surface area contributed by atoms with Gasteiger partial charge in [-0.25, -0.2) is 0 Å². The Hall–Kier alpha value is -1.43. The molecule has 0 aliphatic heterocycles. The first-order valence-corrected chi connectivity index (χ1v) is 6.32. The fourth-order valence-corrected chi connectivity index (χ4v) is 1.67. The molecule has 1 N–H and O–H groups in total. The van der Waals surface area contributed by atoms with Crippen LogP contribution in [0.4, 0.5) is 0 Å². The maximum Gasteiger partial charge on any atom is 0.309 e. The van der Waals surface area contributed by atoms with E-state index in [0.717, 1.165) is 6.29 Å². The Morgan fingerprint density at radius 2 is 1.89 bits per heavy atom. The monoisotopic (exact) mass is 274 g/mol. The Balaban J connectivity index is 4.49. The van der Waals surface area contributed by atoms with Crippen LogP contribution in [0.2, 0.25) is 0 Å². The van der Waals surface area contributed by atoms with Crippen molar-refractivity contribution >= 4 is 18.2 Å². The first-order valence-electron chi connectivity index (χ1n) is 6.32.